The number of fused-ring (bicyclic) bond motifs is 1. The van der Waals surface area contributed by atoms with Gasteiger partial charge >= 0.3 is 5.97 Å². The van der Waals surface area contributed by atoms with Crippen molar-refractivity contribution >= 4 is 17.7 Å². The molecule has 0 radical (unpaired) electrons. The second-order valence-corrected chi connectivity index (χ2v) is 6.45. The Morgan fingerprint density at radius 2 is 2.12 bits per heavy atom. The van der Waals surface area contributed by atoms with E-state index in [0.717, 1.165) is 5.75 Å². The Labute approximate surface area is 141 Å². The van der Waals surface area contributed by atoms with Crippen LogP contribution in [0.4, 0.5) is 0 Å². The first-order chi connectivity index (χ1) is 11.6. The van der Waals surface area contributed by atoms with Gasteiger partial charge in [-0.05, 0) is 17.9 Å². The van der Waals surface area contributed by atoms with Crippen LogP contribution in [-0.2, 0) is 19.0 Å². The third kappa shape index (κ3) is 3.45. The number of aromatic nitrogens is 1. The van der Waals surface area contributed by atoms with Crippen LogP contribution >= 0.6 is 11.8 Å². The number of rotatable bonds is 6. The molecule has 0 bridgehead atoms. The monoisotopic (exact) mass is 356 g/mol. The van der Waals surface area contributed by atoms with E-state index >= 15 is 0 Å². The molecule has 0 N–H and O–H groups in total. The van der Waals surface area contributed by atoms with Crippen molar-refractivity contribution in [1.82, 2.24) is 4.98 Å². The molecular weight excluding hydrogens is 340 g/mol. The third-order valence-corrected chi connectivity index (χ3v) is 4.60. The molecule has 1 aromatic heterocycles. The van der Waals surface area contributed by atoms with Gasteiger partial charge in [-0.15, -0.1) is 21.9 Å². The molecule has 2 fully saturated rings. The van der Waals surface area contributed by atoms with Crippen LogP contribution in [0.3, 0.4) is 0 Å². The SMILES string of the molecule is CCSc1ncccc1C(=O)O[C@@H]1CO[C@H]2[C@@H]1OC[C@@H]2O[N+](=O)[O-]. The summed E-state index contributed by atoms with van der Waals surface area (Å²) < 4.78 is 16.4. The number of hydrogen-bond donors (Lipinski definition) is 0. The Balaban J connectivity index is 1.65. The maximum atomic E-state index is 12.4. The summed E-state index contributed by atoms with van der Waals surface area (Å²) in [6.45, 7) is 2.09. The van der Waals surface area contributed by atoms with Gasteiger partial charge in [-0.2, -0.15) is 0 Å². The molecule has 0 unspecified atom stereocenters. The van der Waals surface area contributed by atoms with Gasteiger partial charge in [0.25, 0.3) is 5.09 Å². The number of pyridine rings is 1. The molecule has 9 nitrogen and oxygen atoms in total. The molecule has 24 heavy (non-hydrogen) atoms. The van der Waals surface area contributed by atoms with E-state index in [1.54, 1.807) is 18.3 Å². The van der Waals surface area contributed by atoms with Gasteiger partial charge in [-0.1, -0.05) is 6.92 Å². The standard InChI is InChI=1S/C14H16N2O7S/c1-2-24-13-8(4-3-5-15-13)14(17)22-9-6-20-12-10(23-16(18)19)7-21-11(9)12/h3-5,9-12H,2,6-7H2,1H3/t9-,10+,11-,12-/m1/s1. The average Bonchev–Trinajstić information content (AvgIpc) is 3.12. The summed E-state index contributed by atoms with van der Waals surface area (Å²) >= 11 is 1.45. The minimum absolute atomic E-state index is 0.0220. The summed E-state index contributed by atoms with van der Waals surface area (Å²) in [6.07, 6.45) is -1.02. The highest BCUT2D eigenvalue weighted by molar-refractivity contribution is 7.99. The van der Waals surface area contributed by atoms with Crippen LogP contribution in [0.2, 0.25) is 0 Å². The third-order valence-electron chi connectivity index (χ3n) is 3.71. The van der Waals surface area contributed by atoms with Crippen LogP contribution in [0, 0.1) is 10.1 Å². The lowest BCUT2D eigenvalue weighted by Crippen LogP contribution is -2.35. The molecule has 0 aromatic carbocycles. The molecule has 2 aliphatic rings. The molecule has 3 rings (SSSR count). The first-order valence-electron chi connectivity index (χ1n) is 7.43. The summed E-state index contributed by atoms with van der Waals surface area (Å²) in [5, 5.41) is 10.2. The maximum Gasteiger partial charge on any atom is 0.341 e. The number of carbonyl (C=O) groups is 1. The molecule has 0 amide bonds. The highest BCUT2D eigenvalue weighted by atomic mass is 32.2. The van der Waals surface area contributed by atoms with E-state index in [-0.39, 0.29) is 13.2 Å². The fraction of sp³-hybridized carbons (Fsp3) is 0.571. The van der Waals surface area contributed by atoms with Crippen molar-refractivity contribution in [2.75, 3.05) is 19.0 Å². The predicted octanol–water partition coefficient (Wildman–Crippen LogP) is 1.09. The van der Waals surface area contributed by atoms with E-state index < -0.39 is 35.5 Å². The molecule has 3 heterocycles. The Hall–Kier alpha value is -1.91. The topological polar surface area (TPSA) is 110 Å². The highest BCUT2D eigenvalue weighted by Crippen LogP contribution is 2.31. The maximum absolute atomic E-state index is 12.4. The van der Waals surface area contributed by atoms with E-state index in [4.69, 9.17) is 14.2 Å². The normalized spacial score (nSPS) is 28.4. The summed E-state index contributed by atoms with van der Waals surface area (Å²) in [5.41, 5.74) is 0.379. The number of carbonyl (C=O) groups excluding carboxylic acids is 1. The Kier molecular flexibility index (Phi) is 5.17. The van der Waals surface area contributed by atoms with Crippen LogP contribution in [0.25, 0.3) is 0 Å². The zero-order chi connectivity index (χ0) is 17.1. The summed E-state index contributed by atoms with van der Waals surface area (Å²) in [4.78, 5) is 31.6. The van der Waals surface area contributed by atoms with Crippen molar-refractivity contribution in [2.45, 2.75) is 36.4 Å². The van der Waals surface area contributed by atoms with E-state index in [1.165, 1.54) is 11.8 Å². The van der Waals surface area contributed by atoms with Crippen molar-refractivity contribution in [3.8, 4) is 0 Å². The molecule has 10 heteroatoms. The molecule has 0 saturated carbocycles. The van der Waals surface area contributed by atoms with Crippen LogP contribution in [-0.4, -0.2) is 59.4 Å². The minimum atomic E-state index is -0.872. The van der Waals surface area contributed by atoms with Crippen molar-refractivity contribution < 1.29 is 28.9 Å². The summed E-state index contributed by atoms with van der Waals surface area (Å²) in [6, 6.07) is 3.31. The van der Waals surface area contributed by atoms with Crippen molar-refractivity contribution in [3.63, 3.8) is 0 Å². The molecule has 0 spiro atoms. The predicted molar refractivity (Wildman–Crippen MR) is 81.2 cm³/mol. The van der Waals surface area contributed by atoms with Gasteiger partial charge in [-0.3, -0.25) is 0 Å². The van der Waals surface area contributed by atoms with Gasteiger partial charge in [0.15, 0.2) is 12.2 Å². The summed E-state index contributed by atoms with van der Waals surface area (Å²) in [7, 11) is 0. The lowest BCUT2D eigenvalue weighted by atomic mass is 10.1. The fourth-order valence-corrected chi connectivity index (χ4v) is 3.45. The Morgan fingerprint density at radius 1 is 1.42 bits per heavy atom. The highest BCUT2D eigenvalue weighted by Gasteiger charge is 2.51. The average molecular weight is 356 g/mol. The van der Waals surface area contributed by atoms with Crippen molar-refractivity contribution in [2.24, 2.45) is 0 Å². The largest absolute Gasteiger partial charge is 0.453 e. The Bertz CT molecular complexity index is 629. The van der Waals surface area contributed by atoms with Crippen LogP contribution in [0.5, 0.6) is 0 Å². The van der Waals surface area contributed by atoms with Crippen LogP contribution in [0.1, 0.15) is 17.3 Å². The molecule has 130 valence electrons. The van der Waals surface area contributed by atoms with Gasteiger partial charge in [0.2, 0.25) is 0 Å². The number of esters is 1. The van der Waals surface area contributed by atoms with Crippen molar-refractivity contribution in [1.29, 1.82) is 0 Å². The van der Waals surface area contributed by atoms with Crippen LogP contribution < -0.4 is 0 Å². The second kappa shape index (κ2) is 7.32. The van der Waals surface area contributed by atoms with E-state index in [9.17, 15) is 14.9 Å². The molecule has 2 aliphatic heterocycles. The lowest BCUT2D eigenvalue weighted by Gasteiger charge is -2.17. The van der Waals surface area contributed by atoms with Gasteiger partial charge in [0, 0.05) is 6.20 Å². The second-order valence-electron chi connectivity index (χ2n) is 5.20. The first kappa shape index (κ1) is 16.9. The van der Waals surface area contributed by atoms with Crippen molar-refractivity contribution in [3.05, 3.63) is 34.0 Å². The molecule has 4 atom stereocenters. The Morgan fingerprint density at radius 3 is 2.83 bits per heavy atom. The van der Waals surface area contributed by atoms with Gasteiger partial charge in [0.05, 0.1) is 18.8 Å². The van der Waals surface area contributed by atoms with E-state index in [1.807, 2.05) is 6.92 Å². The van der Waals surface area contributed by atoms with E-state index in [0.29, 0.717) is 10.6 Å². The summed E-state index contributed by atoms with van der Waals surface area (Å²) in [5.74, 6) is 0.257. The number of thioether (sulfide) groups is 1. The zero-order valence-corrected chi connectivity index (χ0v) is 13.6. The minimum Gasteiger partial charge on any atom is -0.453 e. The zero-order valence-electron chi connectivity index (χ0n) is 12.8. The fourth-order valence-electron chi connectivity index (χ4n) is 2.73. The van der Waals surface area contributed by atoms with Crippen LogP contribution in [0.15, 0.2) is 23.4 Å². The van der Waals surface area contributed by atoms with Gasteiger partial charge in [0.1, 0.15) is 17.2 Å². The number of ether oxygens (including phenoxy) is 3. The molecule has 2 saturated heterocycles. The first-order valence-corrected chi connectivity index (χ1v) is 8.42. The van der Waals surface area contributed by atoms with Gasteiger partial charge in [-0.25, -0.2) is 9.78 Å². The molecule has 0 aliphatic carbocycles. The van der Waals surface area contributed by atoms with Gasteiger partial charge < -0.3 is 19.0 Å². The molecule has 1 aromatic rings. The smallest absolute Gasteiger partial charge is 0.341 e. The number of nitrogens with zero attached hydrogens (tertiary/aromatic N) is 2. The van der Waals surface area contributed by atoms with E-state index in [2.05, 4.69) is 9.82 Å². The number of hydrogen-bond acceptors (Lipinski definition) is 9. The molecular formula is C14H16N2O7S. The lowest BCUT2D eigenvalue weighted by molar-refractivity contribution is -0.769. The quantitative estimate of drug-likeness (QED) is 0.320.